The van der Waals surface area contributed by atoms with Crippen molar-refractivity contribution in [3.63, 3.8) is 0 Å². The Morgan fingerprint density at radius 3 is 2.90 bits per heavy atom. The van der Waals surface area contributed by atoms with E-state index in [4.69, 9.17) is 21.1 Å². The molecule has 1 saturated heterocycles. The molecule has 110 valence electrons. The van der Waals surface area contributed by atoms with Crippen LogP contribution in [0.15, 0.2) is 18.2 Å². The number of anilines is 1. The molecule has 0 aromatic heterocycles. The molecule has 0 spiro atoms. The molecule has 1 aliphatic heterocycles. The van der Waals surface area contributed by atoms with Crippen LogP contribution in [0, 0.1) is 0 Å². The van der Waals surface area contributed by atoms with Crippen LogP contribution in [0.4, 0.5) is 5.69 Å². The predicted octanol–water partition coefficient (Wildman–Crippen LogP) is 3.50. The van der Waals surface area contributed by atoms with Gasteiger partial charge in [0, 0.05) is 17.7 Å². The molecule has 0 radical (unpaired) electrons. The normalized spacial score (nSPS) is 21.3. The van der Waals surface area contributed by atoms with Gasteiger partial charge in [0.15, 0.2) is 0 Å². The van der Waals surface area contributed by atoms with Gasteiger partial charge < -0.3 is 14.8 Å². The third kappa shape index (κ3) is 3.64. The molecule has 1 aliphatic rings. The molecular formula is C15H20ClNO3. The van der Waals surface area contributed by atoms with E-state index in [1.807, 2.05) is 0 Å². The lowest BCUT2D eigenvalue weighted by Crippen LogP contribution is -2.40. The summed E-state index contributed by atoms with van der Waals surface area (Å²) in [6.45, 7) is 4.85. The van der Waals surface area contributed by atoms with Crippen molar-refractivity contribution in [3.05, 3.63) is 28.8 Å². The van der Waals surface area contributed by atoms with Crippen LogP contribution in [-0.4, -0.2) is 31.3 Å². The maximum absolute atomic E-state index is 11.8. The third-order valence-corrected chi connectivity index (χ3v) is 3.68. The minimum absolute atomic E-state index is 0.153. The van der Waals surface area contributed by atoms with Crippen molar-refractivity contribution in [3.8, 4) is 0 Å². The first-order valence-electron chi connectivity index (χ1n) is 6.70. The summed E-state index contributed by atoms with van der Waals surface area (Å²) >= 11 is 6.02. The Morgan fingerprint density at radius 2 is 2.25 bits per heavy atom. The molecule has 4 nitrogen and oxygen atoms in total. The van der Waals surface area contributed by atoms with Gasteiger partial charge in [-0.05, 0) is 44.9 Å². The van der Waals surface area contributed by atoms with Crippen LogP contribution in [0.2, 0.25) is 5.02 Å². The zero-order chi connectivity index (χ0) is 14.8. The van der Waals surface area contributed by atoms with E-state index in [1.165, 1.54) is 7.11 Å². The molecule has 1 heterocycles. The number of benzene rings is 1. The summed E-state index contributed by atoms with van der Waals surface area (Å²) < 4.78 is 10.5. The van der Waals surface area contributed by atoms with Crippen molar-refractivity contribution >= 4 is 23.3 Å². The highest BCUT2D eigenvalue weighted by molar-refractivity contribution is 6.31. The van der Waals surface area contributed by atoms with Gasteiger partial charge in [0.05, 0.1) is 24.0 Å². The number of esters is 1. The van der Waals surface area contributed by atoms with Gasteiger partial charge in [-0.1, -0.05) is 11.6 Å². The Bertz CT molecular complexity index is 502. The second-order valence-electron chi connectivity index (χ2n) is 5.62. The lowest BCUT2D eigenvalue weighted by molar-refractivity contribution is -0.0553. The smallest absolute Gasteiger partial charge is 0.339 e. The molecular weight excluding hydrogens is 278 g/mol. The first-order chi connectivity index (χ1) is 9.41. The highest BCUT2D eigenvalue weighted by atomic mass is 35.5. The molecule has 20 heavy (non-hydrogen) atoms. The molecule has 1 fully saturated rings. The Kier molecular flexibility index (Phi) is 4.55. The quantitative estimate of drug-likeness (QED) is 0.868. The highest BCUT2D eigenvalue weighted by Gasteiger charge is 2.29. The molecule has 1 unspecified atom stereocenters. The van der Waals surface area contributed by atoms with Crippen molar-refractivity contribution in [1.82, 2.24) is 0 Å². The molecule has 2 rings (SSSR count). The summed E-state index contributed by atoms with van der Waals surface area (Å²) in [5, 5.41) is 3.99. The topological polar surface area (TPSA) is 47.6 Å². The number of nitrogens with one attached hydrogen (secondary N) is 1. The number of ether oxygens (including phenoxy) is 2. The number of rotatable bonds is 3. The molecule has 1 aromatic carbocycles. The fourth-order valence-corrected chi connectivity index (χ4v) is 2.67. The summed E-state index contributed by atoms with van der Waals surface area (Å²) in [6, 6.07) is 5.38. The Labute approximate surface area is 124 Å². The SMILES string of the molecule is COC(=O)c1ccc(Cl)cc1NC1CCOC(C)(C)C1. The minimum Gasteiger partial charge on any atom is -0.465 e. The average molecular weight is 298 g/mol. The molecule has 1 aromatic rings. The molecule has 5 heteroatoms. The van der Waals surface area contributed by atoms with Crippen LogP contribution >= 0.6 is 11.6 Å². The van der Waals surface area contributed by atoms with E-state index >= 15 is 0 Å². The van der Waals surface area contributed by atoms with Crippen molar-refractivity contribution in [1.29, 1.82) is 0 Å². The number of hydrogen-bond donors (Lipinski definition) is 1. The maximum Gasteiger partial charge on any atom is 0.339 e. The molecule has 0 bridgehead atoms. The van der Waals surface area contributed by atoms with Crippen LogP contribution in [0.1, 0.15) is 37.0 Å². The van der Waals surface area contributed by atoms with Crippen molar-refractivity contribution in [2.75, 3.05) is 19.0 Å². The van der Waals surface area contributed by atoms with E-state index < -0.39 is 0 Å². The van der Waals surface area contributed by atoms with Gasteiger partial charge in [-0.15, -0.1) is 0 Å². The summed E-state index contributed by atoms with van der Waals surface area (Å²) in [4.78, 5) is 11.8. The summed E-state index contributed by atoms with van der Waals surface area (Å²) in [7, 11) is 1.37. The van der Waals surface area contributed by atoms with E-state index in [-0.39, 0.29) is 17.6 Å². The Balaban J connectivity index is 2.19. The molecule has 0 amide bonds. The van der Waals surface area contributed by atoms with Crippen LogP contribution < -0.4 is 5.32 Å². The van der Waals surface area contributed by atoms with E-state index in [0.29, 0.717) is 22.9 Å². The van der Waals surface area contributed by atoms with E-state index in [9.17, 15) is 4.79 Å². The van der Waals surface area contributed by atoms with Gasteiger partial charge in [-0.3, -0.25) is 0 Å². The monoisotopic (exact) mass is 297 g/mol. The maximum atomic E-state index is 11.8. The fraction of sp³-hybridized carbons (Fsp3) is 0.533. The minimum atomic E-state index is -0.365. The first kappa shape index (κ1) is 15.1. The Hall–Kier alpha value is -1.26. The van der Waals surface area contributed by atoms with Crippen LogP contribution in [0.25, 0.3) is 0 Å². The van der Waals surface area contributed by atoms with Crippen molar-refractivity contribution in [2.24, 2.45) is 0 Å². The van der Waals surface area contributed by atoms with Gasteiger partial charge in [-0.25, -0.2) is 4.79 Å². The summed E-state index contributed by atoms with van der Waals surface area (Å²) in [5.41, 5.74) is 1.06. The van der Waals surface area contributed by atoms with Gasteiger partial charge >= 0.3 is 5.97 Å². The molecule has 0 saturated carbocycles. The standard InChI is InChI=1S/C15H20ClNO3/c1-15(2)9-11(6-7-20-15)17-13-8-10(16)4-5-12(13)14(18)19-3/h4-5,8,11,17H,6-7,9H2,1-3H3. The largest absolute Gasteiger partial charge is 0.465 e. The van der Waals surface area contributed by atoms with E-state index in [2.05, 4.69) is 19.2 Å². The van der Waals surface area contributed by atoms with Gasteiger partial charge in [0.1, 0.15) is 0 Å². The van der Waals surface area contributed by atoms with Gasteiger partial charge in [0.2, 0.25) is 0 Å². The zero-order valence-electron chi connectivity index (χ0n) is 12.0. The van der Waals surface area contributed by atoms with E-state index in [0.717, 1.165) is 12.8 Å². The second kappa shape index (κ2) is 6.02. The number of carbonyl (C=O) groups excluding carboxylic acids is 1. The molecule has 1 atom stereocenters. The molecule has 0 aliphatic carbocycles. The summed E-state index contributed by atoms with van der Waals surface area (Å²) in [6.07, 6.45) is 1.77. The lowest BCUT2D eigenvalue weighted by atomic mass is 9.93. The number of methoxy groups -OCH3 is 1. The predicted molar refractivity (Wildman–Crippen MR) is 79.5 cm³/mol. The first-order valence-corrected chi connectivity index (χ1v) is 7.07. The third-order valence-electron chi connectivity index (χ3n) is 3.44. The van der Waals surface area contributed by atoms with Gasteiger partial charge in [-0.2, -0.15) is 0 Å². The second-order valence-corrected chi connectivity index (χ2v) is 6.06. The lowest BCUT2D eigenvalue weighted by Gasteiger charge is -2.36. The number of hydrogen-bond acceptors (Lipinski definition) is 4. The van der Waals surface area contributed by atoms with E-state index in [1.54, 1.807) is 18.2 Å². The van der Waals surface area contributed by atoms with Crippen LogP contribution in [-0.2, 0) is 9.47 Å². The highest BCUT2D eigenvalue weighted by Crippen LogP contribution is 2.29. The summed E-state index contributed by atoms with van der Waals surface area (Å²) in [5.74, 6) is -0.365. The average Bonchev–Trinajstić information content (AvgIpc) is 2.37. The molecule has 1 N–H and O–H groups in total. The van der Waals surface area contributed by atoms with Crippen LogP contribution in [0.3, 0.4) is 0 Å². The fourth-order valence-electron chi connectivity index (χ4n) is 2.50. The number of carbonyl (C=O) groups is 1. The zero-order valence-corrected chi connectivity index (χ0v) is 12.8. The Morgan fingerprint density at radius 1 is 1.50 bits per heavy atom. The van der Waals surface area contributed by atoms with Gasteiger partial charge in [0.25, 0.3) is 0 Å². The van der Waals surface area contributed by atoms with Crippen molar-refractivity contribution in [2.45, 2.75) is 38.3 Å². The van der Waals surface area contributed by atoms with Crippen LogP contribution in [0.5, 0.6) is 0 Å². The number of halogens is 1. The van der Waals surface area contributed by atoms with Crippen molar-refractivity contribution < 1.29 is 14.3 Å².